The van der Waals surface area contributed by atoms with Crippen LogP contribution >= 0.6 is 0 Å². The molecule has 3 aromatic carbocycles. The molecule has 0 spiro atoms. The van der Waals surface area contributed by atoms with E-state index in [2.05, 4.69) is 5.32 Å². The number of amides is 1. The number of carbonyl (C=O) groups is 1. The highest BCUT2D eigenvalue weighted by molar-refractivity contribution is 7.92. The standard InChI is InChI=1S/C21H20N2O4S/c1-27-19-12-8-9-17(15-19)22-21(24)16-23(18-10-4-2-5-11-18)28(25,26)20-13-6-3-7-14-20/h2-15H,16H2,1H3,(H,22,24). The summed E-state index contributed by atoms with van der Waals surface area (Å²) < 4.78 is 32.5. The van der Waals surface area contributed by atoms with Gasteiger partial charge < -0.3 is 10.1 Å². The third-order valence-electron chi connectivity index (χ3n) is 4.02. The van der Waals surface area contributed by atoms with Crippen molar-refractivity contribution in [1.29, 1.82) is 0 Å². The SMILES string of the molecule is COc1cccc(NC(=O)CN(c2ccccc2)S(=O)(=O)c2ccccc2)c1. The van der Waals surface area contributed by atoms with E-state index < -0.39 is 15.9 Å². The third kappa shape index (κ3) is 4.50. The third-order valence-corrected chi connectivity index (χ3v) is 5.80. The van der Waals surface area contributed by atoms with Gasteiger partial charge in [0.25, 0.3) is 10.0 Å². The molecule has 0 radical (unpaired) electrons. The summed E-state index contributed by atoms with van der Waals surface area (Å²) in [4.78, 5) is 12.7. The molecule has 0 bridgehead atoms. The molecule has 0 unspecified atom stereocenters. The minimum absolute atomic E-state index is 0.119. The summed E-state index contributed by atoms with van der Waals surface area (Å²) in [5.41, 5.74) is 0.932. The van der Waals surface area contributed by atoms with Gasteiger partial charge in [-0.1, -0.05) is 42.5 Å². The normalized spacial score (nSPS) is 10.9. The smallest absolute Gasteiger partial charge is 0.264 e. The van der Waals surface area contributed by atoms with E-state index in [-0.39, 0.29) is 11.4 Å². The van der Waals surface area contributed by atoms with E-state index in [1.54, 1.807) is 72.8 Å². The van der Waals surface area contributed by atoms with Crippen molar-refractivity contribution in [3.05, 3.63) is 84.9 Å². The first kappa shape index (κ1) is 19.4. The topological polar surface area (TPSA) is 75.7 Å². The van der Waals surface area contributed by atoms with Gasteiger partial charge in [-0.15, -0.1) is 0 Å². The number of hydrogen-bond acceptors (Lipinski definition) is 4. The van der Waals surface area contributed by atoms with Crippen LogP contribution in [0.25, 0.3) is 0 Å². The van der Waals surface area contributed by atoms with Crippen LogP contribution in [0, 0.1) is 0 Å². The average molecular weight is 396 g/mol. The fourth-order valence-corrected chi connectivity index (χ4v) is 4.10. The van der Waals surface area contributed by atoms with Crippen LogP contribution in [-0.2, 0) is 14.8 Å². The fraction of sp³-hybridized carbons (Fsp3) is 0.0952. The predicted molar refractivity (Wildman–Crippen MR) is 109 cm³/mol. The quantitative estimate of drug-likeness (QED) is 0.663. The molecule has 7 heteroatoms. The second kappa shape index (κ2) is 8.58. The largest absolute Gasteiger partial charge is 0.497 e. The van der Waals surface area contributed by atoms with Crippen molar-refractivity contribution >= 4 is 27.3 Å². The van der Waals surface area contributed by atoms with Gasteiger partial charge in [0.15, 0.2) is 0 Å². The van der Waals surface area contributed by atoms with Crippen LogP contribution in [0.5, 0.6) is 5.75 Å². The molecular formula is C21H20N2O4S. The fourth-order valence-electron chi connectivity index (χ4n) is 2.66. The van der Waals surface area contributed by atoms with Crippen molar-refractivity contribution in [2.75, 3.05) is 23.3 Å². The van der Waals surface area contributed by atoms with Crippen molar-refractivity contribution in [1.82, 2.24) is 0 Å². The number of benzene rings is 3. The van der Waals surface area contributed by atoms with Crippen LogP contribution in [0.4, 0.5) is 11.4 Å². The van der Waals surface area contributed by atoms with Gasteiger partial charge in [-0.25, -0.2) is 8.42 Å². The van der Waals surface area contributed by atoms with Crippen LogP contribution in [0.1, 0.15) is 0 Å². The molecule has 28 heavy (non-hydrogen) atoms. The molecule has 0 aliphatic rings. The van der Waals surface area contributed by atoms with Crippen molar-refractivity contribution in [2.24, 2.45) is 0 Å². The Bertz CT molecular complexity index is 1040. The van der Waals surface area contributed by atoms with E-state index in [1.807, 2.05) is 0 Å². The Hall–Kier alpha value is -3.32. The number of rotatable bonds is 7. The van der Waals surface area contributed by atoms with Gasteiger partial charge in [0.2, 0.25) is 5.91 Å². The zero-order valence-corrected chi connectivity index (χ0v) is 16.1. The van der Waals surface area contributed by atoms with Crippen molar-refractivity contribution in [2.45, 2.75) is 4.90 Å². The highest BCUT2D eigenvalue weighted by Gasteiger charge is 2.27. The number of nitrogens with one attached hydrogen (secondary N) is 1. The lowest BCUT2D eigenvalue weighted by Crippen LogP contribution is -2.38. The molecule has 6 nitrogen and oxygen atoms in total. The minimum atomic E-state index is -3.91. The summed E-state index contributed by atoms with van der Waals surface area (Å²) in [5.74, 6) is 0.131. The maximum absolute atomic E-state index is 13.1. The van der Waals surface area contributed by atoms with Crippen LogP contribution in [0.2, 0.25) is 0 Å². The Morgan fingerprint density at radius 1 is 0.929 bits per heavy atom. The molecule has 144 valence electrons. The lowest BCUT2D eigenvalue weighted by atomic mass is 10.3. The lowest BCUT2D eigenvalue weighted by molar-refractivity contribution is -0.114. The first-order valence-corrected chi connectivity index (χ1v) is 10.0. The number of hydrogen-bond donors (Lipinski definition) is 1. The van der Waals surface area contributed by atoms with E-state index >= 15 is 0 Å². The molecule has 1 N–H and O–H groups in total. The van der Waals surface area contributed by atoms with Crippen molar-refractivity contribution < 1.29 is 17.9 Å². The summed E-state index contributed by atoms with van der Waals surface area (Å²) in [6, 6.07) is 23.4. The first-order valence-electron chi connectivity index (χ1n) is 8.57. The van der Waals surface area contributed by atoms with Gasteiger partial charge >= 0.3 is 0 Å². The molecule has 0 aliphatic heterocycles. The molecule has 3 rings (SSSR count). The highest BCUT2D eigenvalue weighted by Crippen LogP contribution is 2.23. The molecule has 0 aliphatic carbocycles. The molecule has 1 amide bonds. The molecule has 0 saturated carbocycles. The summed E-state index contributed by atoms with van der Waals surface area (Å²) in [7, 11) is -2.37. The molecule has 0 fully saturated rings. The van der Waals surface area contributed by atoms with Crippen molar-refractivity contribution in [3.8, 4) is 5.75 Å². The molecule has 0 saturated heterocycles. The Morgan fingerprint density at radius 3 is 2.21 bits per heavy atom. The number of anilines is 2. The van der Waals surface area contributed by atoms with Gasteiger partial charge in [0.05, 0.1) is 17.7 Å². The van der Waals surface area contributed by atoms with Gasteiger partial charge in [-0.3, -0.25) is 9.10 Å². The zero-order valence-electron chi connectivity index (χ0n) is 15.3. The van der Waals surface area contributed by atoms with Gasteiger partial charge in [-0.2, -0.15) is 0 Å². The summed E-state index contributed by atoms with van der Waals surface area (Å²) in [6.45, 7) is -0.363. The Balaban J connectivity index is 1.89. The van der Waals surface area contributed by atoms with E-state index in [0.717, 1.165) is 4.31 Å². The van der Waals surface area contributed by atoms with Gasteiger partial charge in [0.1, 0.15) is 12.3 Å². The van der Waals surface area contributed by atoms with Crippen LogP contribution in [0.15, 0.2) is 89.8 Å². The van der Waals surface area contributed by atoms with E-state index in [9.17, 15) is 13.2 Å². The zero-order chi connectivity index (χ0) is 20.0. The number of nitrogens with zero attached hydrogens (tertiary/aromatic N) is 1. The predicted octanol–water partition coefficient (Wildman–Crippen LogP) is 3.53. The van der Waals surface area contributed by atoms with E-state index in [0.29, 0.717) is 17.1 Å². The first-order chi connectivity index (χ1) is 13.5. The molecular weight excluding hydrogens is 376 g/mol. The monoisotopic (exact) mass is 396 g/mol. The number of para-hydroxylation sites is 1. The van der Waals surface area contributed by atoms with Crippen LogP contribution in [-0.4, -0.2) is 28.0 Å². The summed E-state index contributed by atoms with van der Waals surface area (Å²) in [5, 5.41) is 2.72. The second-order valence-corrected chi connectivity index (χ2v) is 7.80. The molecule has 0 aromatic heterocycles. The summed E-state index contributed by atoms with van der Waals surface area (Å²) in [6.07, 6.45) is 0. The molecule has 0 atom stereocenters. The minimum Gasteiger partial charge on any atom is -0.497 e. The molecule has 3 aromatic rings. The highest BCUT2D eigenvalue weighted by atomic mass is 32.2. The number of methoxy groups -OCH3 is 1. The van der Waals surface area contributed by atoms with Gasteiger partial charge in [-0.05, 0) is 36.4 Å². The Morgan fingerprint density at radius 2 is 1.57 bits per heavy atom. The van der Waals surface area contributed by atoms with Crippen LogP contribution in [0.3, 0.4) is 0 Å². The number of sulfonamides is 1. The molecule has 0 heterocycles. The average Bonchev–Trinajstić information content (AvgIpc) is 2.73. The maximum Gasteiger partial charge on any atom is 0.264 e. The lowest BCUT2D eigenvalue weighted by Gasteiger charge is -2.24. The van der Waals surface area contributed by atoms with Gasteiger partial charge in [0, 0.05) is 11.8 Å². The van der Waals surface area contributed by atoms with Crippen LogP contribution < -0.4 is 14.4 Å². The Kier molecular flexibility index (Phi) is 5.96. The second-order valence-electron chi connectivity index (χ2n) is 5.94. The Labute approximate surface area is 164 Å². The number of ether oxygens (including phenoxy) is 1. The van der Waals surface area contributed by atoms with E-state index in [4.69, 9.17) is 4.74 Å². The maximum atomic E-state index is 13.1. The number of carbonyl (C=O) groups excluding carboxylic acids is 1. The van der Waals surface area contributed by atoms with E-state index in [1.165, 1.54) is 19.2 Å². The summed E-state index contributed by atoms with van der Waals surface area (Å²) >= 11 is 0. The van der Waals surface area contributed by atoms with Crippen molar-refractivity contribution in [3.63, 3.8) is 0 Å².